The first-order valence-corrected chi connectivity index (χ1v) is 9.73. The summed E-state index contributed by atoms with van der Waals surface area (Å²) in [5, 5.41) is 11.2. The molecule has 2 N–H and O–H groups in total. The lowest BCUT2D eigenvalue weighted by Gasteiger charge is -2.30. The van der Waals surface area contributed by atoms with Gasteiger partial charge in [-0.3, -0.25) is 14.5 Å². The van der Waals surface area contributed by atoms with Gasteiger partial charge in [0.1, 0.15) is 0 Å². The summed E-state index contributed by atoms with van der Waals surface area (Å²) < 4.78 is 6.96. The second kappa shape index (κ2) is 12.3. The molecular weight excluding hydrogens is 471 g/mol. The second-order valence-electron chi connectivity index (χ2n) is 7.32. The number of aryl methyl sites for hydroxylation is 1. The minimum atomic E-state index is -0.0521. The van der Waals surface area contributed by atoms with Crippen LogP contribution in [0.15, 0.2) is 17.4 Å². The van der Waals surface area contributed by atoms with Crippen molar-refractivity contribution >= 4 is 35.9 Å². The van der Waals surface area contributed by atoms with Gasteiger partial charge in [0, 0.05) is 38.4 Å². The zero-order chi connectivity index (χ0) is 19.8. The number of aliphatic imine (C=N–C) groups is 1. The highest BCUT2D eigenvalue weighted by Gasteiger charge is 2.27. The highest BCUT2D eigenvalue weighted by atomic mass is 127. The van der Waals surface area contributed by atoms with E-state index in [0.717, 1.165) is 38.2 Å². The molecule has 0 aliphatic heterocycles. The summed E-state index contributed by atoms with van der Waals surface area (Å²) in [6, 6.07) is 0.537. The molecule has 2 rings (SSSR count). The highest BCUT2D eigenvalue weighted by Crippen LogP contribution is 2.25. The third-order valence-corrected chi connectivity index (χ3v) is 5.11. The van der Waals surface area contributed by atoms with Crippen molar-refractivity contribution in [2.24, 2.45) is 18.0 Å². The molecule has 160 valence electrons. The number of nitrogens with one attached hydrogen (secondary N) is 2. The minimum Gasteiger partial charge on any atom is -0.466 e. The fourth-order valence-electron chi connectivity index (χ4n) is 3.53. The summed E-state index contributed by atoms with van der Waals surface area (Å²) >= 11 is 0. The van der Waals surface area contributed by atoms with Crippen molar-refractivity contribution in [1.82, 2.24) is 25.3 Å². The zero-order valence-corrected chi connectivity index (χ0v) is 20.0. The molecule has 28 heavy (non-hydrogen) atoms. The molecule has 1 heterocycles. The van der Waals surface area contributed by atoms with E-state index >= 15 is 0 Å². The molecule has 1 aromatic rings. The van der Waals surface area contributed by atoms with Crippen LogP contribution in [0.25, 0.3) is 0 Å². The number of rotatable bonds is 7. The number of carbonyl (C=O) groups is 1. The van der Waals surface area contributed by atoms with E-state index in [1.165, 1.54) is 5.56 Å². The summed E-state index contributed by atoms with van der Waals surface area (Å²) in [6.45, 7) is 3.04. The monoisotopic (exact) mass is 506 g/mol. The molecule has 9 heteroatoms. The van der Waals surface area contributed by atoms with Crippen molar-refractivity contribution in [3.63, 3.8) is 0 Å². The van der Waals surface area contributed by atoms with E-state index in [-0.39, 0.29) is 41.9 Å². The van der Waals surface area contributed by atoms with Crippen molar-refractivity contribution in [3.8, 4) is 0 Å². The first-order chi connectivity index (χ1) is 12.9. The average Bonchev–Trinajstić information content (AvgIpc) is 3.07. The van der Waals surface area contributed by atoms with Crippen molar-refractivity contribution in [2.45, 2.75) is 44.7 Å². The van der Waals surface area contributed by atoms with Gasteiger partial charge >= 0.3 is 5.97 Å². The summed E-state index contributed by atoms with van der Waals surface area (Å²) in [7, 11) is 7.84. The van der Waals surface area contributed by atoms with E-state index in [4.69, 9.17) is 4.74 Å². The average molecular weight is 506 g/mol. The Labute approximate surface area is 185 Å². The molecule has 1 aliphatic carbocycles. The molecule has 1 aliphatic rings. The maximum absolute atomic E-state index is 11.9. The molecular formula is C19H35IN6O2. The van der Waals surface area contributed by atoms with Gasteiger partial charge < -0.3 is 20.3 Å². The van der Waals surface area contributed by atoms with E-state index in [0.29, 0.717) is 12.6 Å². The van der Waals surface area contributed by atoms with Gasteiger partial charge in [0.2, 0.25) is 0 Å². The Hall–Kier alpha value is -1.36. The topological polar surface area (TPSA) is 83.8 Å². The molecule has 0 radical (unpaired) electrons. The van der Waals surface area contributed by atoms with Gasteiger partial charge in [-0.1, -0.05) is 0 Å². The number of esters is 1. The van der Waals surface area contributed by atoms with Crippen LogP contribution in [0.5, 0.6) is 0 Å². The highest BCUT2D eigenvalue weighted by molar-refractivity contribution is 14.0. The number of halogens is 1. The minimum absolute atomic E-state index is 0. The van der Waals surface area contributed by atoms with Crippen LogP contribution in [0.2, 0.25) is 0 Å². The van der Waals surface area contributed by atoms with E-state index in [1.54, 1.807) is 7.05 Å². The molecule has 0 amide bonds. The summed E-state index contributed by atoms with van der Waals surface area (Å²) in [4.78, 5) is 18.4. The quantitative estimate of drug-likeness (QED) is 0.255. The third-order valence-electron chi connectivity index (χ3n) is 5.11. The normalized spacial score (nSPS) is 21.0. The van der Waals surface area contributed by atoms with Gasteiger partial charge in [-0.15, -0.1) is 24.0 Å². The van der Waals surface area contributed by atoms with E-state index in [2.05, 4.69) is 39.7 Å². The standard InChI is InChI=1S/C19H34N6O2.HI/c1-6-27-18(26)14-7-9-16(10-8-14)23-19(20-2)21-12-17(24(3)4)15-11-22-25(5)13-15;/h11,13-14,16-17H,6-10,12H2,1-5H3,(H2,20,21,23);1H. The molecule has 8 nitrogen and oxygen atoms in total. The van der Waals surface area contributed by atoms with Crippen molar-refractivity contribution in [3.05, 3.63) is 18.0 Å². The maximum atomic E-state index is 11.9. The first-order valence-electron chi connectivity index (χ1n) is 9.73. The van der Waals surface area contributed by atoms with Gasteiger partial charge in [-0.05, 0) is 46.7 Å². The number of guanidine groups is 1. The lowest BCUT2D eigenvalue weighted by Crippen LogP contribution is -2.47. The van der Waals surface area contributed by atoms with Crippen LogP contribution in [0.3, 0.4) is 0 Å². The fraction of sp³-hybridized carbons (Fsp3) is 0.737. The zero-order valence-electron chi connectivity index (χ0n) is 17.6. The Morgan fingerprint density at radius 2 is 2.07 bits per heavy atom. The Morgan fingerprint density at radius 3 is 2.57 bits per heavy atom. The maximum Gasteiger partial charge on any atom is 0.308 e. The molecule has 1 fully saturated rings. The Morgan fingerprint density at radius 1 is 1.39 bits per heavy atom. The van der Waals surface area contributed by atoms with Gasteiger partial charge in [-0.2, -0.15) is 5.10 Å². The molecule has 0 saturated heterocycles. The van der Waals surface area contributed by atoms with Gasteiger partial charge in [0.05, 0.1) is 24.8 Å². The molecule has 0 bridgehead atoms. The molecule has 1 atom stereocenters. The molecule has 0 aromatic carbocycles. The van der Waals surface area contributed by atoms with Gasteiger partial charge in [-0.25, -0.2) is 0 Å². The Kier molecular flexibility index (Phi) is 10.8. The summed E-state index contributed by atoms with van der Waals surface area (Å²) in [5.41, 5.74) is 1.17. The molecule has 1 unspecified atom stereocenters. The predicted molar refractivity (Wildman–Crippen MR) is 122 cm³/mol. The van der Waals surface area contributed by atoms with Crippen LogP contribution in [0, 0.1) is 5.92 Å². The smallest absolute Gasteiger partial charge is 0.308 e. The Bertz CT molecular complexity index is 626. The van der Waals surface area contributed by atoms with Crippen LogP contribution in [-0.2, 0) is 16.6 Å². The fourth-order valence-corrected chi connectivity index (χ4v) is 3.53. The lowest BCUT2D eigenvalue weighted by molar-refractivity contribution is -0.149. The number of ether oxygens (including phenoxy) is 1. The molecule has 1 aromatic heterocycles. The van der Waals surface area contributed by atoms with Crippen LogP contribution < -0.4 is 10.6 Å². The number of nitrogens with zero attached hydrogens (tertiary/aromatic N) is 4. The Balaban J connectivity index is 0.00000392. The van der Waals surface area contributed by atoms with Crippen molar-refractivity contribution < 1.29 is 9.53 Å². The SMILES string of the molecule is CCOC(=O)C1CCC(NC(=NC)NCC(c2cnn(C)c2)N(C)C)CC1.I. The van der Waals surface area contributed by atoms with Crippen LogP contribution >= 0.6 is 24.0 Å². The van der Waals surface area contributed by atoms with Crippen LogP contribution in [0.1, 0.15) is 44.2 Å². The van der Waals surface area contributed by atoms with Crippen molar-refractivity contribution in [1.29, 1.82) is 0 Å². The van der Waals surface area contributed by atoms with E-state index in [9.17, 15) is 4.79 Å². The third kappa shape index (κ3) is 7.23. The molecule has 1 saturated carbocycles. The lowest BCUT2D eigenvalue weighted by atomic mass is 9.86. The number of likely N-dealkylation sites (N-methyl/N-ethyl adjacent to an activating group) is 1. The number of carbonyl (C=O) groups excluding carboxylic acids is 1. The largest absolute Gasteiger partial charge is 0.466 e. The van der Waals surface area contributed by atoms with E-state index < -0.39 is 0 Å². The molecule has 0 spiro atoms. The van der Waals surface area contributed by atoms with Crippen molar-refractivity contribution in [2.75, 3.05) is 34.3 Å². The van der Waals surface area contributed by atoms with Crippen LogP contribution in [0.4, 0.5) is 0 Å². The number of hydrogen-bond donors (Lipinski definition) is 2. The summed E-state index contributed by atoms with van der Waals surface area (Å²) in [5.74, 6) is 0.788. The summed E-state index contributed by atoms with van der Waals surface area (Å²) in [6.07, 6.45) is 7.57. The van der Waals surface area contributed by atoms with E-state index in [1.807, 2.05) is 31.0 Å². The van der Waals surface area contributed by atoms with Gasteiger partial charge in [0.15, 0.2) is 5.96 Å². The first kappa shape index (κ1) is 24.7. The second-order valence-corrected chi connectivity index (χ2v) is 7.32. The number of aromatic nitrogens is 2. The predicted octanol–water partition coefficient (Wildman–Crippen LogP) is 1.93. The van der Waals surface area contributed by atoms with Crippen LogP contribution in [-0.4, -0.2) is 66.9 Å². The number of hydrogen-bond acceptors (Lipinski definition) is 5. The van der Waals surface area contributed by atoms with Gasteiger partial charge in [0.25, 0.3) is 0 Å².